The Labute approximate surface area is 181 Å². The summed E-state index contributed by atoms with van der Waals surface area (Å²) in [4.78, 5) is 37.9. The molecule has 0 saturated heterocycles. The van der Waals surface area contributed by atoms with Gasteiger partial charge in [0, 0.05) is 18.2 Å². The van der Waals surface area contributed by atoms with Crippen molar-refractivity contribution in [3.8, 4) is 11.3 Å². The van der Waals surface area contributed by atoms with Gasteiger partial charge in [-0.1, -0.05) is 49.4 Å². The molecule has 160 valence electrons. The van der Waals surface area contributed by atoms with Gasteiger partial charge in [-0.15, -0.1) is 0 Å². The van der Waals surface area contributed by atoms with Crippen molar-refractivity contribution >= 4 is 23.2 Å². The molecule has 31 heavy (non-hydrogen) atoms. The molecule has 0 saturated carbocycles. The number of amides is 2. The molecule has 1 heterocycles. The molecule has 1 unspecified atom stereocenters. The van der Waals surface area contributed by atoms with Crippen molar-refractivity contribution in [3.05, 3.63) is 76.1 Å². The second-order valence-electron chi connectivity index (χ2n) is 7.40. The van der Waals surface area contributed by atoms with E-state index >= 15 is 0 Å². The van der Waals surface area contributed by atoms with Crippen LogP contribution in [0.5, 0.6) is 0 Å². The number of nitrogens with zero attached hydrogens (tertiary/aromatic N) is 2. The quantitative estimate of drug-likeness (QED) is 0.631. The van der Waals surface area contributed by atoms with Crippen LogP contribution in [0.25, 0.3) is 11.3 Å². The first-order valence-corrected chi connectivity index (χ1v) is 10.2. The third-order valence-corrected chi connectivity index (χ3v) is 5.16. The Hall–Kier alpha value is -3.74. The fraction of sp³-hybridized carbons (Fsp3) is 0.250. The molecular weight excluding hydrogens is 392 g/mol. The van der Waals surface area contributed by atoms with Crippen LogP contribution in [0, 0.1) is 13.8 Å². The van der Waals surface area contributed by atoms with Gasteiger partial charge in [0.25, 0.3) is 5.56 Å². The topological polar surface area (TPSA) is 93.1 Å². The molecule has 7 nitrogen and oxygen atoms in total. The minimum absolute atomic E-state index is 0.0827. The van der Waals surface area contributed by atoms with Crippen molar-refractivity contribution in [2.45, 2.75) is 40.2 Å². The SMILES string of the molecule is CCC(C(=O)Nc1cccc(C)c1C)n1nc(-c2ccccc2)cc(NC(C)=O)c1=O. The molecule has 2 N–H and O–H groups in total. The first-order valence-electron chi connectivity index (χ1n) is 10.2. The van der Waals surface area contributed by atoms with E-state index in [4.69, 9.17) is 0 Å². The highest BCUT2D eigenvalue weighted by Crippen LogP contribution is 2.22. The summed E-state index contributed by atoms with van der Waals surface area (Å²) in [7, 11) is 0. The van der Waals surface area contributed by atoms with Crippen molar-refractivity contribution in [2.24, 2.45) is 0 Å². The van der Waals surface area contributed by atoms with Gasteiger partial charge < -0.3 is 10.6 Å². The number of aromatic nitrogens is 2. The van der Waals surface area contributed by atoms with E-state index in [1.54, 1.807) is 0 Å². The Morgan fingerprint density at radius 3 is 2.35 bits per heavy atom. The number of carbonyl (C=O) groups is 2. The molecule has 0 aliphatic rings. The Kier molecular flexibility index (Phi) is 6.65. The third kappa shape index (κ3) is 4.88. The molecule has 3 rings (SSSR count). The highest BCUT2D eigenvalue weighted by molar-refractivity contribution is 5.94. The summed E-state index contributed by atoms with van der Waals surface area (Å²) in [5, 5.41) is 9.96. The number of aryl methyl sites for hydroxylation is 1. The van der Waals surface area contributed by atoms with Crippen LogP contribution in [0.1, 0.15) is 37.4 Å². The van der Waals surface area contributed by atoms with E-state index in [9.17, 15) is 14.4 Å². The summed E-state index contributed by atoms with van der Waals surface area (Å²) in [5.74, 6) is -0.716. The summed E-state index contributed by atoms with van der Waals surface area (Å²) >= 11 is 0. The fourth-order valence-electron chi connectivity index (χ4n) is 3.32. The first-order chi connectivity index (χ1) is 14.8. The molecule has 2 amide bonds. The molecule has 0 fully saturated rings. The lowest BCUT2D eigenvalue weighted by molar-refractivity contribution is -0.119. The van der Waals surface area contributed by atoms with Crippen LogP contribution in [0.15, 0.2) is 59.4 Å². The summed E-state index contributed by atoms with van der Waals surface area (Å²) in [6.07, 6.45) is 0.349. The number of hydrogen-bond acceptors (Lipinski definition) is 4. The zero-order valence-corrected chi connectivity index (χ0v) is 18.1. The predicted molar refractivity (Wildman–Crippen MR) is 122 cm³/mol. The molecular formula is C24H26N4O3. The van der Waals surface area contributed by atoms with Gasteiger partial charge in [-0.3, -0.25) is 14.4 Å². The van der Waals surface area contributed by atoms with Crippen LogP contribution in [0.3, 0.4) is 0 Å². The Balaban J connectivity index is 2.07. The molecule has 2 aromatic carbocycles. The van der Waals surface area contributed by atoms with Gasteiger partial charge >= 0.3 is 0 Å². The minimum atomic E-state index is -0.844. The highest BCUT2D eigenvalue weighted by Gasteiger charge is 2.24. The van der Waals surface area contributed by atoms with Gasteiger partial charge in [0.05, 0.1) is 5.69 Å². The highest BCUT2D eigenvalue weighted by atomic mass is 16.2. The lowest BCUT2D eigenvalue weighted by Gasteiger charge is -2.20. The maximum atomic E-state index is 13.1. The van der Waals surface area contributed by atoms with Crippen molar-refractivity contribution in [1.82, 2.24) is 9.78 Å². The second kappa shape index (κ2) is 9.38. The van der Waals surface area contributed by atoms with Crippen LogP contribution in [0.4, 0.5) is 11.4 Å². The first kappa shape index (κ1) is 22.0. The smallest absolute Gasteiger partial charge is 0.291 e. The minimum Gasteiger partial charge on any atom is -0.324 e. The fourth-order valence-corrected chi connectivity index (χ4v) is 3.32. The van der Waals surface area contributed by atoms with Gasteiger partial charge in [-0.25, -0.2) is 4.68 Å². The molecule has 0 radical (unpaired) electrons. The molecule has 1 aromatic heterocycles. The largest absolute Gasteiger partial charge is 0.324 e. The van der Waals surface area contributed by atoms with Gasteiger partial charge in [-0.2, -0.15) is 5.10 Å². The number of hydrogen-bond donors (Lipinski definition) is 2. The van der Waals surface area contributed by atoms with Crippen LogP contribution in [0.2, 0.25) is 0 Å². The number of nitrogens with one attached hydrogen (secondary N) is 2. The lowest BCUT2D eigenvalue weighted by atomic mass is 10.1. The number of carbonyl (C=O) groups excluding carboxylic acids is 2. The molecule has 1 atom stereocenters. The van der Waals surface area contributed by atoms with Gasteiger partial charge in [0.1, 0.15) is 11.7 Å². The Bertz CT molecular complexity index is 1170. The van der Waals surface area contributed by atoms with E-state index in [0.29, 0.717) is 17.8 Å². The molecule has 3 aromatic rings. The molecule has 0 aliphatic carbocycles. The predicted octanol–water partition coefficient (Wildman–Crippen LogP) is 4.08. The van der Waals surface area contributed by atoms with Gasteiger partial charge in [0.2, 0.25) is 11.8 Å². The summed E-state index contributed by atoms with van der Waals surface area (Å²) in [6.45, 7) is 7.05. The zero-order chi connectivity index (χ0) is 22.5. The van der Waals surface area contributed by atoms with E-state index in [0.717, 1.165) is 21.4 Å². The van der Waals surface area contributed by atoms with E-state index in [2.05, 4.69) is 15.7 Å². The Morgan fingerprint density at radius 2 is 1.71 bits per heavy atom. The summed E-state index contributed by atoms with van der Waals surface area (Å²) in [5.41, 5.74) is 3.52. The van der Waals surface area contributed by atoms with Crippen LogP contribution >= 0.6 is 0 Å². The van der Waals surface area contributed by atoms with E-state index in [1.807, 2.05) is 69.3 Å². The van der Waals surface area contributed by atoms with E-state index in [-0.39, 0.29) is 17.5 Å². The number of rotatable bonds is 6. The summed E-state index contributed by atoms with van der Waals surface area (Å²) in [6, 6.07) is 15.6. The average molecular weight is 418 g/mol. The van der Waals surface area contributed by atoms with E-state index < -0.39 is 11.6 Å². The molecule has 0 aliphatic heterocycles. The monoisotopic (exact) mass is 418 g/mol. The van der Waals surface area contributed by atoms with Crippen molar-refractivity contribution in [1.29, 1.82) is 0 Å². The number of anilines is 2. The van der Waals surface area contributed by atoms with Gasteiger partial charge in [-0.05, 0) is 43.5 Å². The summed E-state index contributed by atoms with van der Waals surface area (Å²) < 4.78 is 1.16. The molecule has 7 heteroatoms. The lowest BCUT2D eigenvalue weighted by Crippen LogP contribution is -2.36. The van der Waals surface area contributed by atoms with Crippen molar-refractivity contribution < 1.29 is 9.59 Å². The van der Waals surface area contributed by atoms with E-state index in [1.165, 1.54) is 13.0 Å². The molecule has 0 spiro atoms. The number of benzene rings is 2. The van der Waals surface area contributed by atoms with Crippen LogP contribution in [-0.4, -0.2) is 21.6 Å². The van der Waals surface area contributed by atoms with Gasteiger partial charge in [0.15, 0.2) is 0 Å². The Morgan fingerprint density at radius 1 is 1.00 bits per heavy atom. The van der Waals surface area contributed by atoms with Crippen LogP contribution in [-0.2, 0) is 9.59 Å². The maximum Gasteiger partial charge on any atom is 0.291 e. The third-order valence-electron chi connectivity index (χ3n) is 5.16. The van der Waals surface area contributed by atoms with Crippen molar-refractivity contribution in [2.75, 3.05) is 10.6 Å². The standard InChI is InChI=1S/C24H26N4O3/c1-5-22(23(30)26-19-13-9-10-15(2)16(19)3)28-24(31)21(25-17(4)29)14-20(27-28)18-11-7-6-8-12-18/h6-14,22H,5H2,1-4H3,(H,25,29)(H,26,30). The molecule has 0 bridgehead atoms. The maximum absolute atomic E-state index is 13.1. The van der Waals surface area contributed by atoms with Crippen molar-refractivity contribution in [3.63, 3.8) is 0 Å². The second-order valence-corrected chi connectivity index (χ2v) is 7.40. The zero-order valence-electron chi connectivity index (χ0n) is 18.1. The average Bonchev–Trinajstić information content (AvgIpc) is 2.74. The van der Waals surface area contributed by atoms with Crippen LogP contribution < -0.4 is 16.2 Å². The normalized spacial score (nSPS) is 11.6.